The van der Waals surface area contributed by atoms with Crippen LogP contribution in [0.15, 0.2) is 41.1 Å². The zero-order valence-electron chi connectivity index (χ0n) is 15.1. The molecule has 1 atom stereocenters. The van der Waals surface area contributed by atoms with Crippen LogP contribution in [0.1, 0.15) is 23.0 Å². The first-order valence-electron chi connectivity index (χ1n) is 8.67. The van der Waals surface area contributed by atoms with Crippen molar-refractivity contribution in [3.05, 3.63) is 48.0 Å². The molecule has 2 aromatic rings. The minimum atomic E-state index is -4.42. The fourth-order valence-corrected chi connectivity index (χ4v) is 2.91. The number of hydrogen-bond donors (Lipinski definition) is 1. The first kappa shape index (κ1) is 19.7. The normalized spacial score (nSPS) is 16.0. The first-order valence-corrected chi connectivity index (χ1v) is 8.67. The number of carbonyl (C=O) groups is 2. The Morgan fingerprint density at radius 1 is 1.18 bits per heavy atom. The van der Waals surface area contributed by atoms with Gasteiger partial charge in [-0.2, -0.15) is 13.2 Å². The Hall–Kier alpha value is -3.04. The van der Waals surface area contributed by atoms with E-state index < -0.39 is 23.7 Å². The van der Waals surface area contributed by atoms with E-state index in [0.717, 1.165) is 12.3 Å². The molecule has 1 saturated heterocycles. The second kappa shape index (κ2) is 7.91. The number of anilines is 1. The summed E-state index contributed by atoms with van der Waals surface area (Å²) in [6.45, 7) is 3.21. The van der Waals surface area contributed by atoms with Gasteiger partial charge in [0.25, 0.3) is 5.91 Å². The van der Waals surface area contributed by atoms with E-state index in [9.17, 15) is 22.8 Å². The molecule has 1 N–H and O–H groups in total. The number of carbonyl (C=O) groups excluding carboxylic acids is 2. The maximum Gasteiger partial charge on any atom is 0.417 e. The lowest BCUT2D eigenvalue weighted by Crippen LogP contribution is -2.54. The van der Waals surface area contributed by atoms with E-state index in [2.05, 4.69) is 10.3 Å². The van der Waals surface area contributed by atoms with Crippen LogP contribution in [0.5, 0.6) is 0 Å². The lowest BCUT2D eigenvalue weighted by Gasteiger charge is -2.36. The van der Waals surface area contributed by atoms with Crippen LogP contribution in [0.2, 0.25) is 0 Å². The molecular weight excluding hydrogens is 377 g/mol. The Kier molecular flexibility index (Phi) is 5.57. The summed E-state index contributed by atoms with van der Waals surface area (Å²) in [6, 6.07) is 4.67. The molecular formula is C18H19F3N4O3. The number of nitrogens with zero attached hydrogens (tertiary/aromatic N) is 3. The van der Waals surface area contributed by atoms with Crippen LogP contribution in [0.25, 0.3) is 0 Å². The van der Waals surface area contributed by atoms with Crippen molar-refractivity contribution in [1.82, 2.24) is 15.2 Å². The molecule has 10 heteroatoms. The van der Waals surface area contributed by atoms with Crippen LogP contribution in [-0.2, 0) is 11.0 Å². The van der Waals surface area contributed by atoms with E-state index in [-0.39, 0.29) is 11.7 Å². The number of aromatic nitrogens is 1. The molecule has 0 aromatic carbocycles. The molecule has 3 rings (SSSR count). The minimum Gasteiger partial charge on any atom is -0.459 e. The number of hydrogen-bond acceptors (Lipinski definition) is 5. The van der Waals surface area contributed by atoms with Gasteiger partial charge in [-0.15, -0.1) is 0 Å². The maximum atomic E-state index is 12.6. The van der Waals surface area contributed by atoms with Crippen LogP contribution < -0.4 is 10.2 Å². The van der Waals surface area contributed by atoms with Gasteiger partial charge in [0.1, 0.15) is 11.9 Å². The monoisotopic (exact) mass is 396 g/mol. The first-order chi connectivity index (χ1) is 13.3. The third kappa shape index (κ3) is 4.44. The third-order valence-electron chi connectivity index (χ3n) is 4.45. The summed E-state index contributed by atoms with van der Waals surface area (Å²) in [5, 5.41) is 2.59. The Morgan fingerprint density at radius 2 is 1.89 bits per heavy atom. The van der Waals surface area contributed by atoms with E-state index in [1.54, 1.807) is 17.9 Å². The van der Waals surface area contributed by atoms with E-state index >= 15 is 0 Å². The maximum absolute atomic E-state index is 12.6. The molecule has 7 nitrogen and oxygen atoms in total. The molecule has 1 unspecified atom stereocenters. The van der Waals surface area contributed by atoms with Crippen molar-refractivity contribution in [3.8, 4) is 0 Å². The molecule has 0 bridgehead atoms. The predicted octanol–water partition coefficient (Wildman–Crippen LogP) is 2.16. The number of alkyl halides is 3. The number of furan rings is 1. The molecule has 28 heavy (non-hydrogen) atoms. The van der Waals surface area contributed by atoms with Crippen molar-refractivity contribution in [3.63, 3.8) is 0 Å². The largest absolute Gasteiger partial charge is 0.459 e. The highest BCUT2D eigenvalue weighted by molar-refractivity contribution is 5.95. The lowest BCUT2D eigenvalue weighted by molar-refractivity contribution is -0.138. The van der Waals surface area contributed by atoms with Gasteiger partial charge in [-0.3, -0.25) is 9.59 Å². The summed E-state index contributed by atoms with van der Waals surface area (Å²) in [5.41, 5.74) is -0.800. The Labute approximate surface area is 159 Å². The molecule has 2 aromatic heterocycles. The molecule has 150 valence electrons. The third-order valence-corrected chi connectivity index (χ3v) is 4.45. The summed E-state index contributed by atoms with van der Waals surface area (Å²) in [5.74, 6) is -0.157. The zero-order valence-corrected chi connectivity index (χ0v) is 15.1. The molecule has 1 aliphatic heterocycles. The van der Waals surface area contributed by atoms with Gasteiger partial charge in [0.2, 0.25) is 5.91 Å². The van der Waals surface area contributed by atoms with E-state index in [1.807, 2.05) is 4.90 Å². The van der Waals surface area contributed by atoms with Gasteiger partial charge < -0.3 is 19.5 Å². The lowest BCUT2D eigenvalue weighted by atomic mass is 10.2. The molecule has 0 saturated carbocycles. The second-order valence-electron chi connectivity index (χ2n) is 6.39. The average Bonchev–Trinajstić information content (AvgIpc) is 3.22. The smallest absolute Gasteiger partial charge is 0.417 e. The highest BCUT2D eigenvalue weighted by Crippen LogP contribution is 2.29. The number of nitrogens with one attached hydrogen (secondary N) is 1. The molecule has 2 amide bonds. The van der Waals surface area contributed by atoms with Crippen LogP contribution in [0.4, 0.5) is 19.0 Å². The van der Waals surface area contributed by atoms with Crippen molar-refractivity contribution in [2.75, 3.05) is 31.1 Å². The van der Waals surface area contributed by atoms with Gasteiger partial charge in [0.15, 0.2) is 5.76 Å². The van der Waals surface area contributed by atoms with Crippen LogP contribution in [0, 0.1) is 0 Å². The molecule has 0 spiro atoms. The quantitative estimate of drug-likeness (QED) is 0.857. The molecule has 0 aliphatic carbocycles. The SMILES string of the molecule is CC(NC(=O)c1ccco1)C(=O)N1CCN(c2ccc(C(F)(F)F)cn2)CC1. The van der Waals surface area contributed by atoms with Crippen molar-refractivity contribution in [2.45, 2.75) is 19.1 Å². The van der Waals surface area contributed by atoms with E-state index in [4.69, 9.17) is 4.42 Å². The molecule has 3 heterocycles. The zero-order chi connectivity index (χ0) is 20.3. The molecule has 0 radical (unpaired) electrons. The van der Waals surface area contributed by atoms with Gasteiger partial charge in [-0.1, -0.05) is 0 Å². The van der Waals surface area contributed by atoms with Gasteiger partial charge in [0.05, 0.1) is 11.8 Å². The number of amides is 2. The average molecular weight is 396 g/mol. The van der Waals surface area contributed by atoms with Gasteiger partial charge in [-0.05, 0) is 31.2 Å². The van der Waals surface area contributed by atoms with Gasteiger partial charge >= 0.3 is 6.18 Å². The van der Waals surface area contributed by atoms with Gasteiger partial charge in [-0.25, -0.2) is 4.98 Å². The van der Waals surface area contributed by atoms with Crippen molar-refractivity contribution in [2.24, 2.45) is 0 Å². The summed E-state index contributed by atoms with van der Waals surface area (Å²) in [4.78, 5) is 31.8. The summed E-state index contributed by atoms with van der Waals surface area (Å²) < 4.78 is 42.9. The van der Waals surface area contributed by atoms with E-state index in [1.165, 1.54) is 18.4 Å². The highest BCUT2D eigenvalue weighted by atomic mass is 19.4. The van der Waals surface area contributed by atoms with Crippen LogP contribution in [-0.4, -0.2) is 53.9 Å². The van der Waals surface area contributed by atoms with Crippen molar-refractivity contribution in [1.29, 1.82) is 0 Å². The van der Waals surface area contributed by atoms with Crippen LogP contribution >= 0.6 is 0 Å². The number of pyridine rings is 1. The predicted molar refractivity (Wildman–Crippen MR) is 93.7 cm³/mol. The summed E-state index contributed by atoms with van der Waals surface area (Å²) in [6.07, 6.45) is -2.25. The Bertz CT molecular complexity index is 814. The number of piperazine rings is 1. The Balaban J connectivity index is 1.53. The standard InChI is InChI=1S/C18H19F3N4O3/c1-12(23-16(26)14-3-2-10-28-14)17(27)25-8-6-24(7-9-25)15-5-4-13(11-22-15)18(19,20)21/h2-5,10-12H,6-9H2,1H3,(H,23,26). The number of halogens is 3. The number of rotatable bonds is 4. The second-order valence-corrected chi connectivity index (χ2v) is 6.39. The fourth-order valence-electron chi connectivity index (χ4n) is 2.91. The van der Waals surface area contributed by atoms with Gasteiger partial charge in [0, 0.05) is 32.4 Å². The summed E-state index contributed by atoms with van der Waals surface area (Å²) >= 11 is 0. The Morgan fingerprint density at radius 3 is 2.43 bits per heavy atom. The van der Waals surface area contributed by atoms with E-state index in [0.29, 0.717) is 32.0 Å². The van der Waals surface area contributed by atoms with Crippen molar-refractivity contribution >= 4 is 17.6 Å². The summed E-state index contributed by atoms with van der Waals surface area (Å²) in [7, 11) is 0. The van der Waals surface area contributed by atoms with Crippen molar-refractivity contribution < 1.29 is 27.2 Å². The molecule has 1 aliphatic rings. The highest BCUT2D eigenvalue weighted by Gasteiger charge is 2.31. The minimum absolute atomic E-state index is 0.123. The van der Waals surface area contributed by atoms with Crippen LogP contribution in [0.3, 0.4) is 0 Å². The topological polar surface area (TPSA) is 78.7 Å². The fraction of sp³-hybridized carbons (Fsp3) is 0.389. The molecule has 1 fully saturated rings.